The number of amides is 1. The number of hydrogen-bond donors (Lipinski definition) is 1. The Labute approximate surface area is 160 Å². The average Bonchev–Trinajstić information content (AvgIpc) is 2.61. The number of carbonyl (C=O) groups is 1. The van der Waals surface area contributed by atoms with Crippen LogP contribution in [0.25, 0.3) is 0 Å². The highest BCUT2D eigenvalue weighted by atomic mass is 35.5. The van der Waals surface area contributed by atoms with E-state index in [1.807, 2.05) is 25.1 Å². The summed E-state index contributed by atoms with van der Waals surface area (Å²) in [6.45, 7) is 5.41. The first-order valence-corrected chi connectivity index (χ1v) is 10.1. The van der Waals surface area contributed by atoms with Gasteiger partial charge in [-0.15, -0.1) is 0 Å². The van der Waals surface area contributed by atoms with E-state index in [2.05, 4.69) is 5.32 Å². The second-order valence-corrected chi connectivity index (χ2v) is 8.76. The first kappa shape index (κ1) is 20.4. The van der Waals surface area contributed by atoms with Crippen LogP contribution in [0.2, 0.25) is 5.02 Å². The molecule has 140 valence electrons. The molecule has 0 saturated heterocycles. The number of sulfonamides is 1. The van der Waals surface area contributed by atoms with Crippen molar-refractivity contribution in [2.75, 3.05) is 7.05 Å². The summed E-state index contributed by atoms with van der Waals surface area (Å²) in [6, 6.07) is 12.8. The SMILES string of the molecule is CC(NC(=O)c1cccc(S(=O)(=O)N(C)C(C)C)c1)c1ccccc1Cl. The largest absolute Gasteiger partial charge is 0.345 e. The fraction of sp³-hybridized carbons (Fsp3) is 0.316. The molecule has 0 heterocycles. The molecule has 0 aliphatic carbocycles. The van der Waals surface area contributed by atoms with Crippen molar-refractivity contribution in [2.45, 2.75) is 37.8 Å². The smallest absolute Gasteiger partial charge is 0.251 e. The molecule has 5 nitrogen and oxygen atoms in total. The van der Waals surface area contributed by atoms with Gasteiger partial charge in [0.2, 0.25) is 10.0 Å². The summed E-state index contributed by atoms with van der Waals surface area (Å²) in [5.41, 5.74) is 1.08. The van der Waals surface area contributed by atoms with E-state index in [1.54, 1.807) is 32.0 Å². The summed E-state index contributed by atoms with van der Waals surface area (Å²) in [4.78, 5) is 12.6. The van der Waals surface area contributed by atoms with Crippen LogP contribution in [0.4, 0.5) is 0 Å². The quantitative estimate of drug-likeness (QED) is 0.808. The lowest BCUT2D eigenvalue weighted by molar-refractivity contribution is 0.0939. The monoisotopic (exact) mass is 394 g/mol. The van der Waals surface area contributed by atoms with Crippen molar-refractivity contribution in [3.8, 4) is 0 Å². The van der Waals surface area contributed by atoms with Gasteiger partial charge in [0.15, 0.2) is 0 Å². The first-order chi connectivity index (χ1) is 12.1. The third kappa shape index (κ3) is 4.44. The van der Waals surface area contributed by atoms with Crippen LogP contribution in [-0.2, 0) is 10.0 Å². The standard InChI is InChI=1S/C19H23ClN2O3S/c1-13(2)22(4)26(24,25)16-9-7-8-15(12-16)19(23)21-14(3)17-10-5-6-11-18(17)20/h5-14H,1-4H3,(H,21,23). The summed E-state index contributed by atoms with van der Waals surface area (Å²) in [6.07, 6.45) is 0. The molecule has 0 fully saturated rings. The Bertz CT molecular complexity index is 897. The summed E-state index contributed by atoms with van der Waals surface area (Å²) < 4.78 is 26.5. The van der Waals surface area contributed by atoms with Gasteiger partial charge < -0.3 is 5.32 Å². The molecular formula is C19H23ClN2O3S. The van der Waals surface area contributed by atoms with Crippen LogP contribution in [0.1, 0.15) is 42.7 Å². The maximum Gasteiger partial charge on any atom is 0.251 e. The lowest BCUT2D eigenvalue weighted by Crippen LogP contribution is -2.33. The van der Waals surface area contributed by atoms with E-state index in [-0.39, 0.29) is 28.4 Å². The Hall–Kier alpha value is -1.89. The highest BCUT2D eigenvalue weighted by Crippen LogP contribution is 2.23. The molecule has 0 saturated carbocycles. The number of rotatable bonds is 6. The van der Waals surface area contributed by atoms with Gasteiger partial charge in [0.1, 0.15) is 0 Å². The minimum atomic E-state index is -3.65. The van der Waals surface area contributed by atoms with Gasteiger partial charge in [-0.3, -0.25) is 4.79 Å². The van der Waals surface area contributed by atoms with E-state index in [4.69, 9.17) is 11.6 Å². The van der Waals surface area contributed by atoms with Gasteiger partial charge in [-0.25, -0.2) is 8.42 Å². The second kappa shape index (κ2) is 8.20. The van der Waals surface area contributed by atoms with E-state index in [9.17, 15) is 13.2 Å². The van der Waals surface area contributed by atoms with E-state index in [0.29, 0.717) is 5.02 Å². The summed E-state index contributed by atoms with van der Waals surface area (Å²) in [5, 5.41) is 3.42. The summed E-state index contributed by atoms with van der Waals surface area (Å²) in [7, 11) is -2.13. The Morgan fingerprint density at radius 2 is 1.73 bits per heavy atom. The number of carbonyl (C=O) groups excluding carboxylic acids is 1. The topological polar surface area (TPSA) is 66.5 Å². The molecule has 0 aliphatic rings. The fourth-order valence-electron chi connectivity index (χ4n) is 2.43. The van der Waals surface area contributed by atoms with Crippen molar-refractivity contribution >= 4 is 27.5 Å². The van der Waals surface area contributed by atoms with Crippen LogP contribution in [0.3, 0.4) is 0 Å². The van der Waals surface area contributed by atoms with Gasteiger partial charge in [-0.05, 0) is 50.6 Å². The van der Waals surface area contributed by atoms with Crippen molar-refractivity contribution < 1.29 is 13.2 Å². The Kier molecular flexibility index (Phi) is 6.44. The van der Waals surface area contributed by atoms with Crippen LogP contribution < -0.4 is 5.32 Å². The van der Waals surface area contributed by atoms with Crippen LogP contribution >= 0.6 is 11.6 Å². The molecule has 7 heteroatoms. The highest BCUT2D eigenvalue weighted by molar-refractivity contribution is 7.89. The molecule has 2 rings (SSSR count). The maximum atomic E-state index is 12.6. The first-order valence-electron chi connectivity index (χ1n) is 8.28. The number of hydrogen-bond acceptors (Lipinski definition) is 3. The van der Waals surface area contributed by atoms with Crippen molar-refractivity contribution in [2.24, 2.45) is 0 Å². The zero-order valence-electron chi connectivity index (χ0n) is 15.2. The third-order valence-corrected chi connectivity index (χ3v) is 6.59. The lowest BCUT2D eigenvalue weighted by atomic mass is 10.1. The van der Waals surface area contributed by atoms with Crippen LogP contribution in [-0.4, -0.2) is 31.7 Å². The van der Waals surface area contributed by atoms with Crippen LogP contribution in [0.15, 0.2) is 53.4 Å². The molecular weight excluding hydrogens is 372 g/mol. The van der Waals surface area contributed by atoms with Gasteiger partial charge in [0, 0.05) is 23.7 Å². The van der Waals surface area contributed by atoms with Crippen LogP contribution in [0, 0.1) is 0 Å². The van der Waals surface area contributed by atoms with Gasteiger partial charge in [0.25, 0.3) is 5.91 Å². The molecule has 2 aromatic rings. The molecule has 1 atom stereocenters. The molecule has 0 bridgehead atoms. The second-order valence-electron chi connectivity index (χ2n) is 6.36. The third-order valence-electron chi connectivity index (χ3n) is 4.22. The molecule has 0 aromatic heterocycles. The lowest BCUT2D eigenvalue weighted by Gasteiger charge is -2.21. The van der Waals surface area contributed by atoms with Gasteiger partial charge in [-0.2, -0.15) is 4.31 Å². The molecule has 1 N–H and O–H groups in total. The van der Waals surface area contributed by atoms with Crippen molar-refractivity contribution in [1.29, 1.82) is 0 Å². The number of nitrogens with one attached hydrogen (secondary N) is 1. The van der Waals surface area contributed by atoms with Crippen molar-refractivity contribution in [3.05, 3.63) is 64.7 Å². The number of halogens is 1. The van der Waals surface area contributed by atoms with Crippen LogP contribution in [0.5, 0.6) is 0 Å². The average molecular weight is 395 g/mol. The van der Waals surface area contributed by atoms with Gasteiger partial charge in [0.05, 0.1) is 10.9 Å². The van der Waals surface area contributed by atoms with E-state index < -0.39 is 10.0 Å². The highest BCUT2D eigenvalue weighted by Gasteiger charge is 2.24. The number of benzene rings is 2. The molecule has 0 spiro atoms. The summed E-state index contributed by atoms with van der Waals surface area (Å²) in [5.74, 6) is -0.360. The Balaban J connectivity index is 2.25. The predicted molar refractivity (Wildman–Crippen MR) is 104 cm³/mol. The normalized spacial score (nSPS) is 13.0. The van der Waals surface area contributed by atoms with Gasteiger partial charge in [-0.1, -0.05) is 35.9 Å². The van der Waals surface area contributed by atoms with Crippen molar-refractivity contribution in [3.63, 3.8) is 0 Å². The zero-order valence-corrected chi connectivity index (χ0v) is 16.8. The predicted octanol–water partition coefficient (Wildman–Crippen LogP) is 3.86. The molecule has 2 aromatic carbocycles. The Morgan fingerprint density at radius 3 is 2.35 bits per heavy atom. The Morgan fingerprint density at radius 1 is 1.08 bits per heavy atom. The molecule has 1 unspecified atom stereocenters. The summed E-state index contributed by atoms with van der Waals surface area (Å²) >= 11 is 6.16. The van der Waals surface area contributed by atoms with E-state index >= 15 is 0 Å². The molecule has 26 heavy (non-hydrogen) atoms. The van der Waals surface area contributed by atoms with Gasteiger partial charge >= 0.3 is 0 Å². The molecule has 0 aliphatic heterocycles. The molecule has 0 radical (unpaired) electrons. The van der Waals surface area contributed by atoms with E-state index in [1.165, 1.54) is 23.5 Å². The van der Waals surface area contributed by atoms with Crippen molar-refractivity contribution in [1.82, 2.24) is 9.62 Å². The zero-order chi connectivity index (χ0) is 19.5. The van der Waals surface area contributed by atoms with E-state index in [0.717, 1.165) is 5.56 Å². The minimum Gasteiger partial charge on any atom is -0.345 e. The number of nitrogens with zero attached hydrogens (tertiary/aromatic N) is 1. The maximum absolute atomic E-state index is 12.6. The fourth-order valence-corrected chi connectivity index (χ4v) is 4.14. The molecule has 1 amide bonds. The minimum absolute atomic E-state index is 0.0896.